The molecule has 3 aromatic carbocycles. The van der Waals surface area contributed by atoms with Crippen LogP contribution in [0.4, 0.5) is 16.2 Å². The third kappa shape index (κ3) is 3.40. The fraction of sp³-hybridized carbons (Fsp3) is 0.0909. The molecule has 0 aromatic heterocycles. The van der Waals surface area contributed by atoms with Crippen LogP contribution in [0.5, 0.6) is 0 Å². The Kier molecular flexibility index (Phi) is 4.34. The minimum atomic E-state index is -0.317. The van der Waals surface area contributed by atoms with Gasteiger partial charge in [0.15, 0.2) is 5.84 Å². The molecule has 0 atom stereocenters. The van der Waals surface area contributed by atoms with Gasteiger partial charge < -0.3 is 0 Å². The predicted octanol–water partition coefficient (Wildman–Crippen LogP) is 4.63. The van der Waals surface area contributed by atoms with Crippen molar-refractivity contribution >= 4 is 23.2 Å². The van der Waals surface area contributed by atoms with E-state index >= 15 is 0 Å². The second-order valence-electron chi connectivity index (χ2n) is 6.47. The van der Waals surface area contributed by atoms with Gasteiger partial charge in [0, 0.05) is 5.56 Å². The minimum Gasteiger partial charge on any atom is -0.244 e. The zero-order valence-electron chi connectivity index (χ0n) is 15.2. The average molecular weight is 355 g/mol. The van der Waals surface area contributed by atoms with E-state index in [-0.39, 0.29) is 6.03 Å². The van der Waals surface area contributed by atoms with Crippen molar-refractivity contribution in [3.63, 3.8) is 0 Å². The lowest BCUT2D eigenvalue weighted by molar-refractivity contribution is 0.249. The van der Waals surface area contributed by atoms with Gasteiger partial charge in [-0.25, -0.2) is 4.79 Å². The molecule has 3 aromatic rings. The largest absolute Gasteiger partial charge is 0.370 e. The first-order valence-corrected chi connectivity index (χ1v) is 8.75. The highest BCUT2D eigenvalue weighted by Gasteiger charge is 2.32. The fourth-order valence-electron chi connectivity index (χ4n) is 2.80. The molecule has 0 N–H and O–H groups in total. The van der Waals surface area contributed by atoms with Gasteiger partial charge in [-0.15, -0.1) is 10.5 Å². The summed E-state index contributed by atoms with van der Waals surface area (Å²) in [5, 5.41) is 7.31. The monoisotopic (exact) mass is 355 g/mol. The maximum atomic E-state index is 13.1. The van der Waals surface area contributed by atoms with Gasteiger partial charge in [0.05, 0.1) is 11.4 Å². The van der Waals surface area contributed by atoms with Crippen LogP contribution >= 0.6 is 0 Å². The first-order chi connectivity index (χ1) is 13.1. The van der Waals surface area contributed by atoms with Gasteiger partial charge in [-0.05, 0) is 38.1 Å². The Balaban J connectivity index is 1.79. The number of rotatable bonds is 3. The first-order valence-electron chi connectivity index (χ1n) is 8.75. The van der Waals surface area contributed by atoms with Gasteiger partial charge in [-0.2, -0.15) is 10.0 Å². The maximum Gasteiger partial charge on any atom is 0.370 e. The Hall–Kier alpha value is -3.60. The number of anilines is 2. The molecular weight excluding hydrogens is 336 g/mol. The number of benzene rings is 3. The zero-order valence-corrected chi connectivity index (χ0v) is 15.2. The summed E-state index contributed by atoms with van der Waals surface area (Å²) in [6.45, 7) is 4.02. The van der Waals surface area contributed by atoms with Gasteiger partial charge in [0.1, 0.15) is 0 Å². The van der Waals surface area contributed by atoms with E-state index in [4.69, 9.17) is 0 Å². The molecule has 0 spiro atoms. The molecule has 1 heterocycles. The SMILES string of the molecule is Cc1ccc(N2[N]C(c3ccccc3)=NN(c3ccc(C)cc3)C2=O)cc1. The number of hydrogen-bond acceptors (Lipinski definition) is 2. The van der Waals surface area contributed by atoms with Crippen molar-refractivity contribution in [3.05, 3.63) is 95.6 Å². The van der Waals surface area contributed by atoms with Crippen LogP contribution in [0.25, 0.3) is 0 Å². The summed E-state index contributed by atoms with van der Waals surface area (Å²) in [5.74, 6) is 0.483. The highest BCUT2D eigenvalue weighted by molar-refractivity contribution is 6.12. The summed E-state index contributed by atoms with van der Waals surface area (Å²) in [6.07, 6.45) is 0. The Morgan fingerprint density at radius 3 is 1.74 bits per heavy atom. The van der Waals surface area contributed by atoms with E-state index in [1.807, 2.05) is 92.7 Å². The van der Waals surface area contributed by atoms with E-state index in [0.717, 1.165) is 16.7 Å². The van der Waals surface area contributed by atoms with Crippen molar-refractivity contribution < 1.29 is 4.79 Å². The molecular formula is C22H19N4O. The number of urea groups is 1. The molecule has 1 aliphatic heterocycles. The van der Waals surface area contributed by atoms with E-state index in [1.54, 1.807) is 0 Å². The van der Waals surface area contributed by atoms with Crippen molar-refractivity contribution in [3.8, 4) is 0 Å². The lowest BCUT2D eigenvalue weighted by atomic mass is 10.2. The van der Waals surface area contributed by atoms with Gasteiger partial charge in [-0.3, -0.25) is 0 Å². The number of amides is 2. The van der Waals surface area contributed by atoms with Crippen LogP contribution in [-0.4, -0.2) is 11.9 Å². The lowest BCUT2D eigenvalue weighted by Gasteiger charge is -2.31. The molecule has 0 fully saturated rings. The molecule has 4 rings (SSSR count). The van der Waals surface area contributed by atoms with Gasteiger partial charge in [0.2, 0.25) is 0 Å². The molecule has 133 valence electrons. The second-order valence-corrected chi connectivity index (χ2v) is 6.47. The number of hydrogen-bond donors (Lipinski definition) is 0. The topological polar surface area (TPSA) is 50.0 Å². The smallest absolute Gasteiger partial charge is 0.244 e. The Labute approximate surface area is 158 Å². The first kappa shape index (κ1) is 16.8. The highest BCUT2D eigenvalue weighted by atomic mass is 16.2. The molecule has 5 heteroatoms. The van der Waals surface area contributed by atoms with Gasteiger partial charge >= 0.3 is 6.03 Å². The number of amidine groups is 1. The van der Waals surface area contributed by atoms with Crippen LogP contribution in [0.2, 0.25) is 0 Å². The lowest BCUT2D eigenvalue weighted by Crippen LogP contribution is -2.52. The van der Waals surface area contributed by atoms with Crippen LogP contribution < -0.4 is 15.4 Å². The molecule has 0 unspecified atom stereocenters. The summed E-state index contributed by atoms with van der Waals surface area (Å²) in [6, 6.07) is 24.7. The van der Waals surface area contributed by atoms with Crippen LogP contribution in [0.15, 0.2) is 84.0 Å². The third-order valence-electron chi connectivity index (χ3n) is 4.34. The molecule has 0 saturated heterocycles. The molecule has 0 bridgehead atoms. The van der Waals surface area contributed by atoms with E-state index in [0.29, 0.717) is 17.2 Å². The average Bonchev–Trinajstić information content (AvgIpc) is 2.70. The Bertz CT molecular complexity index is 979. The second kappa shape index (κ2) is 6.96. The molecule has 27 heavy (non-hydrogen) atoms. The fourth-order valence-corrected chi connectivity index (χ4v) is 2.80. The number of nitrogens with zero attached hydrogens (tertiary/aromatic N) is 4. The van der Waals surface area contributed by atoms with Crippen LogP contribution in [0, 0.1) is 13.8 Å². The number of carbonyl (C=O) groups is 1. The van der Waals surface area contributed by atoms with Crippen LogP contribution in [0.1, 0.15) is 16.7 Å². The molecule has 1 radical (unpaired) electrons. The van der Waals surface area contributed by atoms with Gasteiger partial charge in [-0.1, -0.05) is 65.7 Å². The van der Waals surface area contributed by atoms with Crippen molar-refractivity contribution in [1.82, 2.24) is 5.43 Å². The summed E-state index contributed by atoms with van der Waals surface area (Å²) in [7, 11) is 0. The van der Waals surface area contributed by atoms with Crippen molar-refractivity contribution in [2.75, 3.05) is 10.0 Å². The predicted molar refractivity (Wildman–Crippen MR) is 108 cm³/mol. The molecule has 0 aliphatic carbocycles. The molecule has 1 aliphatic rings. The highest BCUT2D eigenvalue weighted by Crippen LogP contribution is 2.25. The van der Waals surface area contributed by atoms with Crippen LogP contribution in [-0.2, 0) is 0 Å². The van der Waals surface area contributed by atoms with E-state index in [1.165, 1.54) is 10.0 Å². The quantitative estimate of drug-likeness (QED) is 0.676. The summed E-state index contributed by atoms with van der Waals surface area (Å²) < 4.78 is 0. The van der Waals surface area contributed by atoms with Crippen LogP contribution in [0.3, 0.4) is 0 Å². The van der Waals surface area contributed by atoms with Crippen molar-refractivity contribution in [2.24, 2.45) is 5.10 Å². The van der Waals surface area contributed by atoms with Crippen molar-refractivity contribution in [2.45, 2.75) is 13.8 Å². The van der Waals surface area contributed by atoms with Gasteiger partial charge in [0.25, 0.3) is 0 Å². The van der Waals surface area contributed by atoms with E-state index in [9.17, 15) is 4.79 Å². The standard InChI is InChI=1S/C22H19N4O/c1-16-8-12-19(13-9-16)25-22(27)26(20-14-10-17(2)11-15-20)24-21(23-25)18-6-4-3-5-7-18/h3-15H,1-2H3. The number of aryl methyl sites for hydroxylation is 2. The summed E-state index contributed by atoms with van der Waals surface area (Å²) in [4.78, 5) is 13.1. The zero-order chi connectivity index (χ0) is 18.8. The Morgan fingerprint density at radius 1 is 0.667 bits per heavy atom. The normalized spacial score (nSPS) is 14.0. The molecule has 2 amide bonds. The summed E-state index contributed by atoms with van der Waals surface area (Å²) in [5.41, 5.74) is 9.01. The van der Waals surface area contributed by atoms with E-state index < -0.39 is 0 Å². The third-order valence-corrected chi connectivity index (χ3v) is 4.34. The number of carbonyl (C=O) groups excluding carboxylic acids is 1. The molecule has 0 saturated carbocycles. The van der Waals surface area contributed by atoms with E-state index in [2.05, 4.69) is 10.5 Å². The maximum absolute atomic E-state index is 13.1. The summed E-state index contributed by atoms with van der Waals surface area (Å²) >= 11 is 0. The van der Waals surface area contributed by atoms with Crippen molar-refractivity contribution in [1.29, 1.82) is 0 Å². The Morgan fingerprint density at radius 2 is 1.19 bits per heavy atom. The minimum absolute atomic E-state index is 0.317. The molecule has 5 nitrogen and oxygen atoms in total. The number of hydrazone groups is 1.